The maximum Gasteiger partial charge on any atom is 0.0991 e. The van der Waals surface area contributed by atoms with E-state index < -0.39 is 0 Å². The van der Waals surface area contributed by atoms with Gasteiger partial charge in [0.05, 0.1) is 63.0 Å². The molecule has 0 amide bonds. The van der Waals surface area contributed by atoms with E-state index in [1.54, 1.807) is 0 Å². The first-order chi connectivity index (χ1) is 37.5. The lowest BCUT2D eigenvalue weighted by molar-refractivity contribution is 1.17. The SMILES string of the molecule is N#Cc1ccc(N(c2ccc(-n3c4ccc(N(c5ccc(C#N)cc5)c5cccc6ccccc56)cc4c4cc(N(c5ccc(C#N)cc5)c5cccc6ccccc56)ccc43)cc2)c2cccc3ccccc23)cc1. The van der Waals surface area contributed by atoms with Crippen LogP contribution < -0.4 is 14.7 Å². The van der Waals surface area contributed by atoms with E-state index in [4.69, 9.17) is 0 Å². The highest BCUT2D eigenvalue weighted by Crippen LogP contribution is 2.46. The van der Waals surface area contributed by atoms with Gasteiger partial charge in [-0.05, 0) is 168 Å². The number of anilines is 9. The Labute approximate surface area is 439 Å². The van der Waals surface area contributed by atoms with Crippen LogP contribution in [0.3, 0.4) is 0 Å². The van der Waals surface area contributed by atoms with Gasteiger partial charge in [0.1, 0.15) is 0 Å². The standard InChI is InChI=1S/C69H43N7/c70-44-47-22-28-53(29-23-47)73(65-19-7-13-50-10-1-4-16-60(50)65)56-34-36-57(37-35-56)76-68-40-38-58(74(54-30-24-48(45-71)25-31-54)66-20-8-14-51-11-2-5-17-61(51)66)42-63(68)64-43-59(39-41-69(64)76)75(55-32-26-49(46-72)27-33-55)67-21-9-15-52-12-3-6-18-62(52)67/h1-43H. The van der Waals surface area contributed by atoms with Crippen molar-refractivity contribution < 1.29 is 0 Å². The molecular formula is C69H43N7. The molecule has 0 aliphatic rings. The molecule has 0 atom stereocenters. The van der Waals surface area contributed by atoms with Crippen LogP contribution in [0.15, 0.2) is 261 Å². The minimum Gasteiger partial charge on any atom is -0.310 e. The van der Waals surface area contributed by atoms with E-state index in [1.165, 1.54) is 0 Å². The van der Waals surface area contributed by atoms with Crippen molar-refractivity contribution >= 4 is 105 Å². The van der Waals surface area contributed by atoms with Crippen LogP contribution in [0.25, 0.3) is 59.8 Å². The van der Waals surface area contributed by atoms with Crippen LogP contribution in [0.4, 0.5) is 51.2 Å². The van der Waals surface area contributed by atoms with Crippen LogP contribution in [-0.4, -0.2) is 4.57 Å². The molecule has 0 spiro atoms. The van der Waals surface area contributed by atoms with Crippen molar-refractivity contribution in [3.05, 3.63) is 278 Å². The predicted molar refractivity (Wildman–Crippen MR) is 311 cm³/mol. The number of nitriles is 3. The van der Waals surface area contributed by atoms with Gasteiger partial charge in [-0.3, -0.25) is 0 Å². The maximum absolute atomic E-state index is 9.85. The van der Waals surface area contributed by atoms with Crippen molar-refractivity contribution in [3.8, 4) is 23.9 Å². The highest BCUT2D eigenvalue weighted by molar-refractivity contribution is 6.13. The van der Waals surface area contributed by atoms with E-state index in [1.807, 2.05) is 72.8 Å². The van der Waals surface area contributed by atoms with Crippen LogP contribution in [0.1, 0.15) is 16.7 Å². The zero-order valence-corrected chi connectivity index (χ0v) is 41.0. The molecule has 0 radical (unpaired) electrons. The molecule has 0 fully saturated rings. The summed E-state index contributed by atoms with van der Waals surface area (Å²) in [4.78, 5) is 6.83. The Balaban J connectivity index is 1.04. The third-order valence-electron chi connectivity index (χ3n) is 14.4. The molecule has 7 heteroatoms. The Morgan fingerprint density at radius 3 is 0.895 bits per heavy atom. The van der Waals surface area contributed by atoms with Crippen molar-refractivity contribution in [2.45, 2.75) is 0 Å². The molecule has 1 heterocycles. The molecule has 13 rings (SSSR count). The first kappa shape index (κ1) is 45.0. The van der Waals surface area contributed by atoms with Crippen LogP contribution in [0.5, 0.6) is 0 Å². The molecule has 13 aromatic rings. The van der Waals surface area contributed by atoms with Gasteiger partial charge in [-0.15, -0.1) is 0 Å². The first-order valence-electron chi connectivity index (χ1n) is 25.1. The van der Waals surface area contributed by atoms with Gasteiger partial charge in [-0.2, -0.15) is 15.8 Å². The summed E-state index contributed by atoms with van der Waals surface area (Å²) in [6.45, 7) is 0. The number of hydrogen-bond acceptors (Lipinski definition) is 6. The van der Waals surface area contributed by atoms with E-state index >= 15 is 0 Å². The van der Waals surface area contributed by atoms with Gasteiger partial charge in [0.25, 0.3) is 0 Å². The fourth-order valence-corrected chi connectivity index (χ4v) is 10.9. The lowest BCUT2D eigenvalue weighted by atomic mass is 10.0. The molecule has 7 nitrogen and oxygen atoms in total. The Hall–Kier alpha value is -10.9. The molecule has 0 bridgehead atoms. The zero-order valence-electron chi connectivity index (χ0n) is 41.0. The normalized spacial score (nSPS) is 11.1. The molecule has 0 saturated carbocycles. The Kier molecular flexibility index (Phi) is 11.2. The molecule has 0 aliphatic heterocycles. The number of aromatic nitrogens is 1. The average molecular weight is 970 g/mol. The monoisotopic (exact) mass is 969 g/mol. The van der Waals surface area contributed by atoms with Crippen molar-refractivity contribution in [1.29, 1.82) is 15.8 Å². The molecule has 0 unspecified atom stereocenters. The topological polar surface area (TPSA) is 86.0 Å². The molecule has 0 saturated heterocycles. The second-order valence-corrected chi connectivity index (χ2v) is 18.7. The lowest BCUT2D eigenvalue weighted by Gasteiger charge is -2.27. The van der Waals surface area contributed by atoms with Gasteiger partial charge in [-0.1, -0.05) is 109 Å². The quantitative estimate of drug-likeness (QED) is 0.136. The van der Waals surface area contributed by atoms with E-state index in [0.717, 1.165) is 111 Å². The third kappa shape index (κ3) is 7.84. The lowest BCUT2D eigenvalue weighted by Crippen LogP contribution is -2.11. The number of benzene rings is 12. The molecule has 0 aliphatic carbocycles. The van der Waals surface area contributed by atoms with Crippen LogP contribution in [-0.2, 0) is 0 Å². The van der Waals surface area contributed by atoms with E-state index in [0.29, 0.717) is 16.7 Å². The van der Waals surface area contributed by atoms with E-state index in [-0.39, 0.29) is 0 Å². The molecule has 76 heavy (non-hydrogen) atoms. The van der Waals surface area contributed by atoms with Gasteiger partial charge >= 0.3 is 0 Å². The maximum atomic E-state index is 9.85. The molecule has 354 valence electrons. The minimum absolute atomic E-state index is 0.592. The average Bonchev–Trinajstić information content (AvgIpc) is 3.91. The number of nitrogens with zero attached hydrogens (tertiary/aromatic N) is 7. The summed E-state index contributed by atoms with van der Waals surface area (Å²) in [5.74, 6) is 0. The Morgan fingerprint density at radius 1 is 0.263 bits per heavy atom. The van der Waals surface area contributed by atoms with Crippen LogP contribution >= 0.6 is 0 Å². The largest absolute Gasteiger partial charge is 0.310 e. The van der Waals surface area contributed by atoms with Gasteiger partial charge in [0.2, 0.25) is 0 Å². The molecule has 12 aromatic carbocycles. The van der Waals surface area contributed by atoms with E-state index in [9.17, 15) is 15.8 Å². The summed E-state index contributed by atoms with van der Waals surface area (Å²) in [6.07, 6.45) is 0. The second kappa shape index (κ2) is 18.9. The predicted octanol–water partition coefficient (Wildman–Crippen LogP) is 18.3. The molecule has 0 N–H and O–H groups in total. The Bertz CT molecular complexity index is 4290. The van der Waals surface area contributed by atoms with Gasteiger partial charge in [-0.25, -0.2) is 0 Å². The zero-order chi connectivity index (χ0) is 51.1. The van der Waals surface area contributed by atoms with Crippen molar-refractivity contribution in [2.24, 2.45) is 0 Å². The summed E-state index contributed by atoms with van der Waals surface area (Å²) < 4.78 is 2.35. The number of rotatable bonds is 10. The number of fused-ring (bicyclic) bond motifs is 6. The number of hydrogen-bond donors (Lipinski definition) is 0. The molecular weight excluding hydrogens is 927 g/mol. The fraction of sp³-hybridized carbons (Fsp3) is 0. The fourth-order valence-electron chi connectivity index (χ4n) is 10.9. The van der Waals surface area contributed by atoms with Crippen molar-refractivity contribution in [1.82, 2.24) is 4.57 Å². The highest BCUT2D eigenvalue weighted by atomic mass is 15.2. The summed E-state index contributed by atoms with van der Waals surface area (Å²) in [6, 6.07) is 96.9. The summed E-state index contributed by atoms with van der Waals surface area (Å²) in [7, 11) is 0. The van der Waals surface area contributed by atoms with Crippen molar-refractivity contribution in [2.75, 3.05) is 14.7 Å². The summed E-state index contributed by atoms with van der Waals surface area (Å²) >= 11 is 0. The summed E-state index contributed by atoms with van der Waals surface area (Å²) in [5.41, 5.74) is 13.6. The van der Waals surface area contributed by atoms with Gasteiger partial charge in [0, 0.05) is 66.7 Å². The first-order valence-corrected chi connectivity index (χ1v) is 25.1. The third-order valence-corrected chi connectivity index (χ3v) is 14.4. The highest BCUT2D eigenvalue weighted by Gasteiger charge is 2.23. The Morgan fingerprint density at radius 2 is 0.553 bits per heavy atom. The minimum atomic E-state index is 0.592. The van der Waals surface area contributed by atoms with Crippen LogP contribution in [0.2, 0.25) is 0 Å². The summed E-state index contributed by atoms with van der Waals surface area (Å²) in [5, 5.41) is 38.2. The van der Waals surface area contributed by atoms with Gasteiger partial charge in [0.15, 0.2) is 0 Å². The molecule has 1 aromatic heterocycles. The van der Waals surface area contributed by atoms with Gasteiger partial charge < -0.3 is 19.3 Å². The van der Waals surface area contributed by atoms with Crippen molar-refractivity contribution in [3.63, 3.8) is 0 Å². The van der Waals surface area contributed by atoms with E-state index in [2.05, 4.69) is 226 Å². The second-order valence-electron chi connectivity index (χ2n) is 18.7. The van der Waals surface area contributed by atoms with Crippen LogP contribution in [0, 0.1) is 34.0 Å². The smallest absolute Gasteiger partial charge is 0.0991 e.